The summed E-state index contributed by atoms with van der Waals surface area (Å²) in [6, 6.07) is 31.7. The quantitative estimate of drug-likeness (QED) is 0.0544. The summed E-state index contributed by atoms with van der Waals surface area (Å²) in [6.07, 6.45) is -0.220. The summed E-state index contributed by atoms with van der Waals surface area (Å²) in [5, 5.41) is 0. The van der Waals surface area contributed by atoms with Crippen LogP contribution in [0, 0.1) is 83.1 Å². The molecule has 0 aromatic heterocycles. The van der Waals surface area contributed by atoms with Gasteiger partial charge in [0.05, 0.1) is 0 Å². The van der Waals surface area contributed by atoms with Crippen molar-refractivity contribution < 1.29 is 38.4 Å². The number of hydrogen-bond donors (Lipinski definition) is 0. The van der Waals surface area contributed by atoms with E-state index in [1.165, 1.54) is 0 Å². The number of rotatable bonds is 20. The number of aryl methyl sites for hydroxylation is 12. The van der Waals surface area contributed by atoms with Gasteiger partial charge >= 0.3 is 430 Å². The fraction of sp³-hybridized carbons (Fsp3) is 0.279. The van der Waals surface area contributed by atoms with Gasteiger partial charge < -0.3 is 0 Å². The topological polar surface area (TPSA) is 137 Å². The Kier molecular flexibility index (Phi) is 17.2. The van der Waals surface area contributed by atoms with E-state index in [1.54, 1.807) is 192 Å². The van der Waals surface area contributed by atoms with Crippen molar-refractivity contribution >= 4 is 67.1 Å². The minimum atomic E-state index is -6.37. The van der Waals surface area contributed by atoms with Crippen molar-refractivity contribution in [3.8, 4) is 0 Å². The van der Waals surface area contributed by atoms with Crippen LogP contribution in [0.4, 0.5) is 0 Å². The summed E-state index contributed by atoms with van der Waals surface area (Å²) in [6.45, 7) is 21.0. The molecular formula is C61H64O8Sn2. The Morgan fingerprint density at radius 3 is 0.535 bits per heavy atom. The van der Waals surface area contributed by atoms with Crippen LogP contribution in [0.1, 0.15) is 161 Å². The average Bonchev–Trinajstić information content (AvgIpc) is 3.29. The zero-order valence-electron chi connectivity index (χ0n) is 43.2. The van der Waals surface area contributed by atoms with Gasteiger partial charge in [0.15, 0.2) is 0 Å². The molecule has 0 aliphatic rings. The third-order valence-electron chi connectivity index (χ3n) is 14.4. The van der Waals surface area contributed by atoms with Crippen LogP contribution in [0.5, 0.6) is 0 Å². The van der Waals surface area contributed by atoms with Crippen molar-refractivity contribution in [3.05, 3.63) is 209 Å². The summed E-state index contributed by atoms with van der Waals surface area (Å²) < 4.78 is -5.43. The molecule has 0 atom stereocenters. The second kappa shape index (κ2) is 22.4. The molecule has 364 valence electrons. The standard InChI is InChI=1S/6C9H9O.C7H10O2.2Sn/c6*1-7-4-3-5-8(2)9(7)6-10;8-6-4-2-1-3-5-7-9;;/h6*3-5H,1-2H3;1-5H2;;. The third-order valence-corrected chi connectivity index (χ3v) is 36.6. The van der Waals surface area contributed by atoms with Gasteiger partial charge in [-0.2, -0.15) is 0 Å². The van der Waals surface area contributed by atoms with Gasteiger partial charge in [-0.25, -0.2) is 0 Å². The van der Waals surface area contributed by atoms with Gasteiger partial charge in [0.25, 0.3) is 0 Å². The van der Waals surface area contributed by atoms with E-state index < -0.39 is 67.1 Å². The molecule has 6 aromatic carbocycles. The molecule has 0 fully saturated rings. The van der Waals surface area contributed by atoms with Crippen LogP contribution in [0.25, 0.3) is 0 Å². The Labute approximate surface area is 426 Å². The molecule has 6 rings (SSSR count). The maximum atomic E-state index is 15.7. The predicted octanol–water partition coefficient (Wildman–Crippen LogP) is 12.3. The first-order chi connectivity index (χ1) is 33.6. The molecule has 0 aliphatic carbocycles. The molecule has 0 aliphatic heterocycles. The van der Waals surface area contributed by atoms with Crippen LogP contribution < -0.4 is 0 Å². The van der Waals surface area contributed by atoms with Gasteiger partial charge in [0.2, 0.25) is 0 Å². The van der Waals surface area contributed by atoms with Crippen LogP contribution in [-0.2, 0) is 9.59 Å². The molecule has 0 saturated carbocycles. The number of unbranched alkanes of at least 4 members (excludes halogenated alkanes) is 2. The van der Waals surface area contributed by atoms with E-state index >= 15 is 38.4 Å². The van der Waals surface area contributed by atoms with Gasteiger partial charge in [-0.3, -0.25) is 0 Å². The second-order valence-corrected chi connectivity index (χ2v) is 39.0. The summed E-state index contributed by atoms with van der Waals surface area (Å²) in [7, 11) is 0. The van der Waals surface area contributed by atoms with Crippen molar-refractivity contribution in [1.82, 2.24) is 0 Å². The van der Waals surface area contributed by atoms with Gasteiger partial charge in [0.1, 0.15) is 0 Å². The van der Waals surface area contributed by atoms with E-state index in [1.807, 2.05) is 0 Å². The normalized spacial score (nSPS) is 11.5. The van der Waals surface area contributed by atoms with E-state index in [-0.39, 0.29) is 65.5 Å². The van der Waals surface area contributed by atoms with Crippen LogP contribution in [0.2, 0.25) is 0 Å². The van der Waals surface area contributed by atoms with Gasteiger partial charge in [-0.15, -0.1) is 0 Å². The first-order valence-electron chi connectivity index (χ1n) is 24.3. The summed E-state index contributed by atoms with van der Waals surface area (Å²) in [4.78, 5) is 125. The molecule has 0 heterocycles. The summed E-state index contributed by atoms with van der Waals surface area (Å²) >= 11 is -12.7. The molecule has 8 nitrogen and oxygen atoms in total. The third kappa shape index (κ3) is 9.95. The van der Waals surface area contributed by atoms with Crippen molar-refractivity contribution in [2.45, 2.75) is 115 Å². The summed E-state index contributed by atoms with van der Waals surface area (Å²) in [5.41, 5.74) is 7.95. The average molecular weight is 1160 g/mol. The Morgan fingerprint density at radius 2 is 0.394 bits per heavy atom. The van der Waals surface area contributed by atoms with Crippen molar-refractivity contribution in [2.75, 3.05) is 0 Å². The molecule has 10 heteroatoms. The van der Waals surface area contributed by atoms with Crippen LogP contribution in [-0.4, -0.2) is 67.1 Å². The van der Waals surface area contributed by atoms with Gasteiger partial charge in [0, 0.05) is 0 Å². The second-order valence-electron chi connectivity index (χ2n) is 19.5. The molecule has 6 aromatic rings. The van der Waals surface area contributed by atoms with Gasteiger partial charge in [-0.1, -0.05) is 0 Å². The zero-order chi connectivity index (χ0) is 52.3. The first-order valence-corrected chi connectivity index (χ1v) is 35.7. The Hall–Kier alpha value is -5.72. The van der Waals surface area contributed by atoms with Crippen molar-refractivity contribution in [2.24, 2.45) is 0 Å². The number of carbonyl (C=O) groups is 8. The molecule has 0 radical (unpaired) electrons. The fourth-order valence-corrected chi connectivity index (χ4v) is 34.9. The van der Waals surface area contributed by atoms with Crippen molar-refractivity contribution in [3.63, 3.8) is 0 Å². The first kappa shape index (κ1) is 54.6. The van der Waals surface area contributed by atoms with Crippen LogP contribution >= 0.6 is 0 Å². The monoisotopic (exact) mass is 1160 g/mol. The van der Waals surface area contributed by atoms with E-state index in [0.717, 1.165) is 0 Å². The number of hydrogen-bond acceptors (Lipinski definition) is 8. The molecule has 0 unspecified atom stereocenters. The maximum absolute atomic E-state index is 15.7. The zero-order valence-corrected chi connectivity index (χ0v) is 48.9. The van der Waals surface area contributed by atoms with E-state index in [2.05, 4.69) is 0 Å². The van der Waals surface area contributed by atoms with Crippen molar-refractivity contribution in [1.29, 1.82) is 0 Å². The minimum absolute atomic E-state index is 0.0912. The molecular weight excluding hydrogens is 1100 g/mol. The molecule has 0 N–H and O–H groups in total. The van der Waals surface area contributed by atoms with E-state index in [4.69, 9.17) is 0 Å². The SMILES string of the molecule is Cc1cccc(C)c1[C](=O)[Sn]([C](=O)CCCCC[C](=O)[Sn]([C](=O)c1c(C)cccc1C)([C](=O)c1c(C)cccc1C)[C](=O)c1c(C)cccc1C)([C](=O)c1c(C)cccc1C)[C](=O)c1c(C)cccc1C. The molecule has 0 saturated heterocycles. The Balaban J connectivity index is 1.47. The molecule has 0 spiro atoms. The van der Waals surface area contributed by atoms with Gasteiger partial charge in [-0.05, 0) is 0 Å². The molecule has 0 bridgehead atoms. The number of benzene rings is 6. The van der Waals surface area contributed by atoms with Crippen LogP contribution in [0.3, 0.4) is 0 Å². The molecule has 0 amide bonds. The molecule has 71 heavy (non-hydrogen) atoms. The van der Waals surface area contributed by atoms with E-state index in [9.17, 15) is 0 Å². The fourth-order valence-electron chi connectivity index (χ4n) is 10.7. The Morgan fingerprint density at radius 1 is 0.254 bits per heavy atom. The predicted molar refractivity (Wildman–Crippen MR) is 286 cm³/mol. The number of carbonyl (C=O) groups excluding carboxylic acids is 8. The Bertz CT molecular complexity index is 2570. The van der Waals surface area contributed by atoms with Crippen LogP contribution in [0.15, 0.2) is 109 Å². The van der Waals surface area contributed by atoms with E-state index in [0.29, 0.717) is 66.8 Å². The summed E-state index contributed by atoms with van der Waals surface area (Å²) in [5.74, 6) is 0.